The fraction of sp³-hybridized carbons (Fsp3) is 0.0625. The summed E-state index contributed by atoms with van der Waals surface area (Å²) in [4.78, 5) is 12.6. The topological polar surface area (TPSA) is 37.9 Å². The minimum absolute atomic E-state index is 0.0393. The van der Waals surface area contributed by atoms with E-state index < -0.39 is 35.5 Å². The normalized spacial score (nSPS) is 16.2. The molecule has 41 heavy (non-hydrogen) atoms. The van der Waals surface area contributed by atoms with E-state index in [2.05, 4.69) is 0 Å². The number of allylic oxidation sites excluding steroid dienone is 1. The maximum atomic E-state index is 15.7. The van der Waals surface area contributed by atoms with E-state index in [1.54, 1.807) is 88.5 Å². The van der Waals surface area contributed by atoms with Crippen LogP contribution in [-0.2, 0) is 11.2 Å². The van der Waals surface area contributed by atoms with Gasteiger partial charge >= 0.3 is 12.2 Å². The van der Waals surface area contributed by atoms with Crippen molar-refractivity contribution in [2.24, 2.45) is 0 Å². The van der Waals surface area contributed by atoms with Crippen LogP contribution in [0.2, 0.25) is 0 Å². The number of benzene rings is 2. The van der Waals surface area contributed by atoms with Crippen molar-refractivity contribution in [2.45, 2.75) is 12.6 Å². The molecule has 5 nitrogen and oxygen atoms in total. The Balaban J connectivity index is 1.42. The first kappa shape index (κ1) is 24.8. The molecule has 200 valence electrons. The summed E-state index contributed by atoms with van der Waals surface area (Å²) in [6, 6.07) is 19.5. The molecule has 7 rings (SSSR count). The van der Waals surface area contributed by atoms with Gasteiger partial charge in [-0.1, -0.05) is 0 Å². The number of ether oxygens (including phenoxy) is 1. The van der Waals surface area contributed by atoms with Crippen molar-refractivity contribution in [2.75, 3.05) is 0 Å². The van der Waals surface area contributed by atoms with Gasteiger partial charge in [-0.05, 0) is 35.9 Å². The Hall–Kier alpha value is -5.18. The van der Waals surface area contributed by atoms with Crippen LogP contribution in [0.1, 0.15) is 27.8 Å². The van der Waals surface area contributed by atoms with E-state index in [-0.39, 0.29) is 23.2 Å². The molecule has 1 unspecified atom stereocenters. The summed E-state index contributed by atoms with van der Waals surface area (Å²) in [5, 5.41) is 0. The van der Waals surface area contributed by atoms with Crippen LogP contribution >= 0.6 is 0 Å². The van der Waals surface area contributed by atoms with Crippen LogP contribution in [0.4, 0.5) is 17.6 Å². The predicted molar refractivity (Wildman–Crippen MR) is 138 cm³/mol. The largest absolute Gasteiger partial charge is 0.409 e. The van der Waals surface area contributed by atoms with Crippen LogP contribution in [0.15, 0.2) is 97.5 Å². The highest BCUT2D eigenvalue weighted by atomic mass is 19.1. The molecular formula is C32H20F4N3O2+3. The van der Waals surface area contributed by atoms with Crippen molar-refractivity contribution in [3.8, 4) is 22.5 Å². The number of carbonyl (C=O) groups is 1. The summed E-state index contributed by atoms with van der Waals surface area (Å²) in [6.45, 7) is 0. The van der Waals surface area contributed by atoms with Crippen molar-refractivity contribution in [3.05, 3.63) is 138 Å². The molecule has 9 heteroatoms. The molecule has 1 atom stereocenters. The lowest BCUT2D eigenvalue weighted by Crippen LogP contribution is -2.42. The van der Waals surface area contributed by atoms with E-state index in [9.17, 15) is 18.0 Å². The van der Waals surface area contributed by atoms with Crippen molar-refractivity contribution in [3.63, 3.8) is 0 Å². The first-order chi connectivity index (χ1) is 19.9. The van der Waals surface area contributed by atoms with Crippen molar-refractivity contribution < 1.29 is 40.8 Å². The van der Waals surface area contributed by atoms with Gasteiger partial charge in [0.2, 0.25) is 17.6 Å². The van der Waals surface area contributed by atoms with Gasteiger partial charge in [0.15, 0.2) is 18.6 Å². The van der Waals surface area contributed by atoms with Gasteiger partial charge in [-0.25, -0.2) is 22.4 Å². The second-order valence-electron chi connectivity index (χ2n) is 9.77. The van der Waals surface area contributed by atoms with E-state index in [0.717, 1.165) is 18.2 Å². The SMILES string of the molecule is O=C1OC(c2cc(F)cc(F)c2-c2cccc[n+]2C=C2Cc3cc(F)cc(F)c3-c3cccc[n+]32)[n+]2ccccc21. The van der Waals surface area contributed by atoms with Gasteiger partial charge in [-0.15, -0.1) is 4.57 Å². The van der Waals surface area contributed by atoms with Gasteiger partial charge in [0.05, 0.1) is 23.1 Å². The third-order valence-corrected chi connectivity index (χ3v) is 7.29. The molecule has 5 heterocycles. The molecule has 0 N–H and O–H groups in total. The molecule has 2 aliphatic heterocycles. The van der Waals surface area contributed by atoms with E-state index >= 15 is 4.39 Å². The molecule has 0 spiro atoms. The zero-order valence-corrected chi connectivity index (χ0v) is 21.3. The van der Waals surface area contributed by atoms with Crippen LogP contribution in [-0.4, -0.2) is 5.97 Å². The van der Waals surface area contributed by atoms with Crippen LogP contribution in [0.5, 0.6) is 0 Å². The Morgan fingerprint density at radius 2 is 1.39 bits per heavy atom. The monoisotopic (exact) mass is 554 g/mol. The van der Waals surface area contributed by atoms with Crippen LogP contribution in [0.3, 0.4) is 0 Å². The number of nitrogens with zero attached hydrogens (tertiary/aromatic N) is 3. The lowest BCUT2D eigenvalue weighted by Gasteiger charge is -2.16. The van der Waals surface area contributed by atoms with Gasteiger partial charge in [0.25, 0.3) is 11.4 Å². The highest BCUT2D eigenvalue weighted by Gasteiger charge is 2.43. The number of hydrogen-bond donors (Lipinski definition) is 0. The third kappa shape index (κ3) is 4.09. The van der Waals surface area contributed by atoms with Crippen molar-refractivity contribution in [1.29, 1.82) is 0 Å². The number of carbonyl (C=O) groups excluding carboxylic acids is 1. The summed E-state index contributed by atoms with van der Waals surface area (Å²) in [6.07, 6.45) is 5.91. The quantitative estimate of drug-likeness (QED) is 0.175. The number of hydrogen-bond acceptors (Lipinski definition) is 2. The summed E-state index contributed by atoms with van der Waals surface area (Å²) in [7, 11) is 0. The molecule has 0 bridgehead atoms. The molecule has 2 aromatic carbocycles. The Labute approximate surface area is 231 Å². The number of fused-ring (bicyclic) bond motifs is 4. The Kier molecular flexibility index (Phi) is 5.74. The highest BCUT2D eigenvalue weighted by Crippen LogP contribution is 2.35. The number of cyclic esters (lactones) is 1. The zero-order valence-electron chi connectivity index (χ0n) is 21.3. The first-order valence-corrected chi connectivity index (χ1v) is 12.8. The van der Waals surface area contributed by atoms with Crippen LogP contribution in [0, 0.1) is 23.3 Å². The minimum atomic E-state index is -1.09. The molecular weight excluding hydrogens is 534 g/mol. The van der Waals surface area contributed by atoms with Crippen molar-refractivity contribution in [1.82, 2.24) is 0 Å². The Morgan fingerprint density at radius 3 is 2.20 bits per heavy atom. The first-order valence-electron chi connectivity index (χ1n) is 12.8. The van der Waals surface area contributed by atoms with E-state index in [0.29, 0.717) is 28.2 Å². The lowest BCUT2D eigenvalue weighted by atomic mass is 9.94. The summed E-state index contributed by atoms with van der Waals surface area (Å²) >= 11 is 0. The average molecular weight is 555 g/mol. The van der Waals surface area contributed by atoms with Crippen LogP contribution in [0.25, 0.3) is 34.4 Å². The molecule has 2 aliphatic rings. The maximum absolute atomic E-state index is 15.7. The van der Waals surface area contributed by atoms with E-state index in [1.165, 1.54) is 10.6 Å². The Morgan fingerprint density at radius 1 is 0.732 bits per heavy atom. The third-order valence-electron chi connectivity index (χ3n) is 7.29. The molecule has 0 saturated carbocycles. The molecule has 0 amide bonds. The van der Waals surface area contributed by atoms with Gasteiger partial charge < -0.3 is 4.74 Å². The fourth-order valence-corrected chi connectivity index (χ4v) is 5.60. The maximum Gasteiger partial charge on any atom is 0.409 e. The number of pyridine rings is 3. The highest BCUT2D eigenvalue weighted by molar-refractivity contribution is 5.87. The van der Waals surface area contributed by atoms with Gasteiger partial charge in [-0.3, -0.25) is 0 Å². The Bertz CT molecular complexity index is 1940. The molecule has 0 radical (unpaired) electrons. The molecule has 0 fully saturated rings. The minimum Gasteiger partial charge on any atom is -0.390 e. The summed E-state index contributed by atoms with van der Waals surface area (Å²) in [5.41, 5.74) is 2.74. The lowest BCUT2D eigenvalue weighted by molar-refractivity contribution is -0.733. The van der Waals surface area contributed by atoms with Gasteiger partial charge in [0.1, 0.15) is 23.3 Å². The second-order valence-corrected chi connectivity index (χ2v) is 9.77. The smallest absolute Gasteiger partial charge is 0.390 e. The number of halogens is 4. The fourth-order valence-electron chi connectivity index (χ4n) is 5.60. The van der Waals surface area contributed by atoms with E-state index in [1.807, 2.05) is 0 Å². The molecule has 3 aromatic heterocycles. The predicted octanol–water partition coefficient (Wildman–Crippen LogP) is 5.17. The number of esters is 1. The van der Waals surface area contributed by atoms with Gasteiger partial charge in [-0.2, -0.15) is 9.13 Å². The average Bonchev–Trinajstić information content (AvgIpc) is 3.29. The van der Waals surface area contributed by atoms with Gasteiger partial charge in [0, 0.05) is 48.5 Å². The second kappa shape index (κ2) is 9.48. The molecule has 5 aromatic rings. The number of rotatable bonds is 3. The van der Waals surface area contributed by atoms with Crippen molar-refractivity contribution >= 4 is 17.9 Å². The van der Waals surface area contributed by atoms with Crippen LogP contribution < -0.4 is 13.7 Å². The molecule has 0 aliphatic carbocycles. The molecule has 0 saturated heterocycles. The number of aromatic nitrogens is 3. The standard InChI is InChI=1S/C32H20F4N3O2/c33-20-13-19-14-22(38-11-5-2-8-27(38)29(19)24(35)16-20)18-37-10-4-1-7-26(37)30-23(15-21(34)17-25(30)36)31-39-12-6-3-9-28(39)32(40)41-31/h1-13,15-18,31H,14H2/q+3. The zero-order chi connectivity index (χ0) is 28.2. The van der Waals surface area contributed by atoms with E-state index in [4.69, 9.17) is 4.74 Å². The summed E-state index contributed by atoms with van der Waals surface area (Å²) < 4.78 is 69.9. The summed E-state index contributed by atoms with van der Waals surface area (Å²) in [5.74, 6) is -3.61.